The van der Waals surface area contributed by atoms with Crippen LogP contribution in [0.4, 0.5) is 0 Å². The Labute approximate surface area is 133 Å². The van der Waals surface area contributed by atoms with Crippen molar-refractivity contribution < 1.29 is 4.79 Å². The number of ketones is 1. The quantitative estimate of drug-likeness (QED) is 0.838. The molecule has 0 saturated carbocycles. The zero-order chi connectivity index (χ0) is 16.5. The molecular formula is C19H28N2O. The van der Waals surface area contributed by atoms with Crippen molar-refractivity contribution in [3.05, 3.63) is 47.6 Å². The Kier molecular flexibility index (Phi) is 4.59. The summed E-state index contributed by atoms with van der Waals surface area (Å²) in [5.74, 6) is -0.0554. The van der Waals surface area contributed by atoms with Gasteiger partial charge in [0, 0.05) is 10.8 Å². The summed E-state index contributed by atoms with van der Waals surface area (Å²) in [6.07, 6.45) is 14.0. The van der Waals surface area contributed by atoms with E-state index in [-0.39, 0.29) is 16.6 Å². The molecule has 0 spiro atoms. The number of hydrogen-bond donors (Lipinski definition) is 2. The first-order valence-corrected chi connectivity index (χ1v) is 7.95. The highest BCUT2D eigenvalue weighted by Gasteiger charge is 2.42. The van der Waals surface area contributed by atoms with Crippen molar-refractivity contribution in [1.29, 1.82) is 0 Å². The van der Waals surface area contributed by atoms with Gasteiger partial charge in [-0.3, -0.25) is 4.79 Å². The minimum Gasteiger partial charge on any atom is -0.321 e. The van der Waals surface area contributed by atoms with Gasteiger partial charge in [-0.25, -0.2) is 0 Å². The number of Topliss-reactive ketones (excluding diaryl/α,β-unsaturated/α-hetero) is 1. The molecule has 2 aliphatic rings. The predicted molar refractivity (Wildman–Crippen MR) is 92.2 cm³/mol. The normalized spacial score (nSPS) is 33.9. The van der Waals surface area contributed by atoms with E-state index in [4.69, 9.17) is 11.5 Å². The number of allylic oxidation sites excluding steroid dienone is 6. The second-order valence-corrected chi connectivity index (χ2v) is 7.34. The van der Waals surface area contributed by atoms with E-state index >= 15 is 0 Å². The van der Waals surface area contributed by atoms with Gasteiger partial charge in [0.25, 0.3) is 0 Å². The van der Waals surface area contributed by atoms with Crippen LogP contribution in [0.15, 0.2) is 47.6 Å². The van der Waals surface area contributed by atoms with Crippen molar-refractivity contribution in [3.63, 3.8) is 0 Å². The van der Waals surface area contributed by atoms with Crippen LogP contribution in [0.2, 0.25) is 0 Å². The van der Waals surface area contributed by atoms with Crippen molar-refractivity contribution in [2.24, 2.45) is 22.3 Å². The SMILES string of the molecule is CC1=CCC(C)(C(N)C(=O)C(N)C2(C)C=CC(C)=CC2)C=C1. The molecule has 0 aliphatic heterocycles. The zero-order valence-electron chi connectivity index (χ0n) is 14.1. The smallest absolute Gasteiger partial charge is 0.167 e. The first-order valence-electron chi connectivity index (χ1n) is 7.95. The van der Waals surface area contributed by atoms with Crippen LogP contribution in [-0.2, 0) is 4.79 Å². The molecule has 0 radical (unpaired) electrons. The van der Waals surface area contributed by atoms with Gasteiger partial charge in [-0.1, -0.05) is 61.4 Å². The summed E-state index contributed by atoms with van der Waals surface area (Å²) in [6, 6.07) is -1.17. The van der Waals surface area contributed by atoms with E-state index in [2.05, 4.69) is 38.2 Å². The molecule has 0 bridgehead atoms. The largest absolute Gasteiger partial charge is 0.321 e. The second kappa shape index (κ2) is 5.98. The maximum absolute atomic E-state index is 12.9. The summed E-state index contributed by atoms with van der Waals surface area (Å²) in [4.78, 5) is 12.9. The fourth-order valence-electron chi connectivity index (χ4n) is 2.98. The molecular weight excluding hydrogens is 272 g/mol. The molecule has 0 aromatic carbocycles. The highest BCUT2D eigenvalue weighted by Crippen LogP contribution is 2.37. The van der Waals surface area contributed by atoms with E-state index in [1.54, 1.807) is 0 Å². The minimum atomic E-state index is -0.583. The van der Waals surface area contributed by atoms with E-state index in [0.717, 1.165) is 12.8 Å². The number of carbonyl (C=O) groups excluding carboxylic acids is 1. The molecule has 4 atom stereocenters. The van der Waals surface area contributed by atoms with Gasteiger partial charge in [-0.2, -0.15) is 0 Å². The molecule has 0 fully saturated rings. The molecule has 4 N–H and O–H groups in total. The molecule has 0 amide bonds. The van der Waals surface area contributed by atoms with Crippen LogP contribution < -0.4 is 11.5 Å². The van der Waals surface area contributed by atoms with E-state index < -0.39 is 12.1 Å². The first kappa shape index (κ1) is 16.9. The van der Waals surface area contributed by atoms with Crippen molar-refractivity contribution in [2.75, 3.05) is 0 Å². The Hall–Kier alpha value is -1.45. The Bertz CT molecular complexity index is 534. The summed E-state index contributed by atoms with van der Waals surface area (Å²) in [7, 11) is 0. The first-order chi connectivity index (χ1) is 10.2. The fraction of sp³-hybridized carbons (Fsp3) is 0.526. The maximum Gasteiger partial charge on any atom is 0.167 e. The van der Waals surface area contributed by atoms with Crippen molar-refractivity contribution >= 4 is 5.78 Å². The van der Waals surface area contributed by atoms with Crippen LogP contribution >= 0.6 is 0 Å². The monoisotopic (exact) mass is 300 g/mol. The van der Waals surface area contributed by atoms with Gasteiger partial charge < -0.3 is 11.5 Å². The molecule has 3 nitrogen and oxygen atoms in total. The van der Waals surface area contributed by atoms with E-state index in [9.17, 15) is 4.79 Å². The van der Waals surface area contributed by atoms with Gasteiger partial charge >= 0.3 is 0 Å². The minimum absolute atomic E-state index is 0.0554. The Morgan fingerprint density at radius 3 is 1.59 bits per heavy atom. The van der Waals surface area contributed by atoms with Gasteiger partial charge in [0.1, 0.15) is 0 Å². The molecule has 2 rings (SSSR count). The highest BCUT2D eigenvalue weighted by molar-refractivity contribution is 5.91. The standard InChI is InChI=1S/C19H28N2O/c1-13-5-9-18(3,10-6-13)16(20)15(22)17(21)19(4)11-7-14(2)8-12-19/h5-9,11,16-17H,10,12,20-21H2,1-4H3. The lowest BCUT2D eigenvalue weighted by Gasteiger charge is -2.39. The predicted octanol–water partition coefficient (Wildman–Crippen LogP) is 3.04. The van der Waals surface area contributed by atoms with Crippen molar-refractivity contribution in [3.8, 4) is 0 Å². The van der Waals surface area contributed by atoms with Crippen molar-refractivity contribution in [2.45, 2.75) is 52.6 Å². The second-order valence-electron chi connectivity index (χ2n) is 7.34. The lowest BCUT2D eigenvalue weighted by molar-refractivity contribution is -0.125. The lowest BCUT2D eigenvalue weighted by atomic mass is 9.68. The van der Waals surface area contributed by atoms with Crippen LogP contribution in [0.5, 0.6) is 0 Å². The molecule has 0 heterocycles. The summed E-state index contributed by atoms with van der Waals surface area (Å²) in [5.41, 5.74) is 14.4. The zero-order valence-corrected chi connectivity index (χ0v) is 14.1. The third kappa shape index (κ3) is 3.16. The molecule has 3 heteroatoms. The average Bonchev–Trinajstić information content (AvgIpc) is 2.51. The molecule has 22 heavy (non-hydrogen) atoms. The Balaban J connectivity index is 2.14. The number of nitrogens with two attached hydrogens (primary N) is 2. The van der Waals surface area contributed by atoms with Gasteiger partial charge in [0.2, 0.25) is 0 Å². The van der Waals surface area contributed by atoms with E-state index in [0.29, 0.717) is 0 Å². The molecule has 4 unspecified atom stereocenters. The highest BCUT2D eigenvalue weighted by atomic mass is 16.1. The van der Waals surface area contributed by atoms with E-state index in [1.807, 2.05) is 26.0 Å². The van der Waals surface area contributed by atoms with Gasteiger partial charge in [-0.05, 0) is 26.7 Å². The molecule has 2 aliphatic carbocycles. The Morgan fingerprint density at radius 1 is 0.955 bits per heavy atom. The van der Waals surface area contributed by atoms with Crippen LogP contribution in [0.3, 0.4) is 0 Å². The van der Waals surface area contributed by atoms with Crippen molar-refractivity contribution in [1.82, 2.24) is 0 Å². The molecule has 120 valence electrons. The summed E-state index contributed by atoms with van der Waals surface area (Å²) < 4.78 is 0. The average molecular weight is 300 g/mol. The van der Waals surface area contributed by atoms with Crippen LogP contribution in [0, 0.1) is 10.8 Å². The fourth-order valence-corrected chi connectivity index (χ4v) is 2.98. The third-order valence-electron chi connectivity index (χ3n) is 5.22. The molecule has 0 aromatic rings. The Morgan fingerprint density at radius 2 is 1.32 bits per heavy atom. The summed E-state index contributed by atoms with van der Waals surface area (Å²) in [6.45, 7) is 8.17. The number of hydrogen-bond acceptors (Lipinski definition) is 3. The van der Waals surface area contributed by atoms with Gasteiger partial charge in [0.05, 0.1) is 12.1 Å². The van der Waals surface area contributed by atoms with Crippen LogP contribution in [0.1, 0.15) is 40.5 Å². The number of rotatable bonds is 4. The molecule has 0 aromatic heterocycles. The third-order valence-corrected chi connectivity index (χ3v) is 5.22. The number of carbonyl (C=O) groups is 1. The molecule has 0 saturated heterocycles. The van der Waals surface area contributed by atoms with Gasteiger partial charge in [-0.15, -0.1) is 0 Å². The summed E-state index contributed by atoms with van der Waals surface area (Å²) >= 11 is 0. The van der Waals surface area contributed by atoms with Crippen LogP contribution in [-0.4, -0.2) is 17.9 Å². The lowest BCUT2D eigenvalue weighted by Crippen LogP contribution is -2.56. The van der Waals surface area contributed by atoms with E-state index in [1.165, 1.54) is 11.1 Å². The maximum atomic E-state index is 12.9. The van der Waals surface area contributed by atoms with Crippen LogP contribution in [0.25, 0.3) is 0 Å². The topological polar surface area (TPSA) is 69.1 Å². The summed E-state index contributed by atoms with van der Waals surface area (Å²) in [5, 5.41) is 0. The van der Waals surface area contributed by atoms with Gasteiger partial charge in [0.15, 0.2) is 5.78 Å².